The third-order valence-electron chi connectivity index (χ3n) is 3.96. The molecule has 0 radical (unpaired) electrons. The Hall–Kier alpha value is -3.61. The van der Waals surface area contributed by atoms with Crippen LogP contribution in [0, 0.1) is 17.5 Å². The summed E-state index contributed by atoms with van der Waals surface area (Å²) in [6.07, 6.45) is 0. The van der Waals surface area contributed by atoms with Gasteiger partial charge in [-0.15, -0.1) is 0 Å². The summed E-state index contributed by atoms with van der Waals surface area (Å²) in [7, 11) is 0. The van der Waals surface area contributed by atoms with Crippen LogP contribution < -0.4 is 4.74 Å². The number of aromatic nitrogens is 2. The number of hydrogen-bond donors (Lipinski definition) is 0. The highest BCUT2D eigenvalue weighted by atomic mass is 19.1. The topological polar surface area (TPSA) is 48.2 Å². The van der Waals surface area contributed by atoms with E-state index < -0.39 is 11.6 Å². The molecule has 4 nitrogen and oxygen atoms in total. The zero-order valence-corrected chi connectivity index (χ0v) is 14.4. The van der Waals surface area contributed by atoms with Crippen LogP contribution in [0.15, 0.2) is 71.3 Å². The second kappa shape index (κ2) is 7.56. The number of hydrogen-bond acceptors (Lipinski definition) is 4. The minimum atomic E-state index is -0.650. The molecule has 28 heavy (non-hydrogen) atoms. The minimum absolute atomic E-state index is 0.0327. The van der Waals surface area contributed by atoms with Crippen LogP contribution >= 0.6 is 0 Å². The summed E-state index contributed by atoms with van der Waals surface area (Å²) in [5.41, 5.74) is 1.70. The molecule has 0 fully saturated rings. The molecule has 0 saturated carbocycles. The van der Waals surface area contributed by atoms with E-state index in [4.69, 9.17) is 9.26 Å². The van der Waals surface area contributed by atoms with Gasteiger partial charge < -0.3 is 9.26 Å². The van der Waals surface area contributed by atoms with Gasteiger partial charge in [0.15, 0.2) is 0 Å². The molecule has 0 N–H and O–H groups in total. The second-order valence-electron chi connectivity index (χ2n) is 6.02. The third-order valence-corrected chi connectivity index (χ3v) is 3.96. The molecule has 0 unspecified atom stereocenters. The van der Waals surface area contributed by atoms with Crippen LogP contribution in [0.3, 0.4) is 0 Å². The number of ether oxygens (including phenoxy) is 1. The molecule has 140 valence electrons. The van der Waals surface area contributed by atoms with E-state index in [2.05, 4.69) is 10.1 Å². The number of benzene rings is 3. The first-order chi connectivity index (χ1) is 13.6. The molecule has 0 bridgehead atoms. The van der Waals surface area contributed by atoms with Crippen molar-refractivity contribution >= 4 is 0 Å². The Labute approximate surface area is 158 Å². The summed E-state index contributed by atoms with van der Waals surface area (Å²) in [5, 5.41) is 3.92. The average Bonchev–Trinajstić information content (AvgIpc) is 3.17. The van der Waals surface area contributed by atoms with E-state index in [1.54, 1.807) is 36.4 Å². The molecule has 1 aromatic heterocycles. The maximum absolute atomic E-state index is 13.2. The Morgan fingerprint density at radius 2 is 1.39 bits per heavy atom. The molecule has 4 rings (SSSR count). The van der Waals surface area contributed by atoms with Crippen molar-refractivity contribution in [2.45, 2.75) is 6.61 Å². The molecule has 0 saturated heterocycles. The Morgan fingerprint density at radius 1 is 0.750 bits per heavy atom. The van der Waals surface area contributed by atoms with Crippen molar-refractivity contribution in [2.75, 3.05) is 0 Å². The molecule has 3 aromatic carbocycles. The molecular weight excluding hydrogens is 369 g/mol. The van der Waals surface area contributed by atoms with Gasteiger partial charge in [0.1, 0.15) is 29.8 Å². The molecule has 0 aliphatic carbocycles. The van der Waals surface area contributed by atoms with E-state index >= 15 is 0 Å². The molecule has 0 aliphatic rings. The summed E-state index contributed by atoms with van der Waals surface area (Å²) < 4.78 is 50.2. The van der Waals surface area contributed by atoms with Crippen LogP contribution in [0.2, 0.25) is 0 Å². The summed E-state index contributed by atoms with van der Waals surface area (Å²) in [6, 6.07) is 15.8. The maximum Gasteiger partial charge on any atom is 0.258 e. The smallest absolute Gasteiger partial charge is 0.258 e. The van der Waals surface area contributed by atoms with E-state index in [-0.39, 0.29) is 18.3 Å². The Morgan fingerprint density at radius 3 is 2.07 bits per heavy atom. The monoisotopic (exact) mass is 382 g/mol. The zero-order chi connectivity index (χ0) is 19.5. The van der Waals surface area contributed by atoms with Crippen molar-refractivity contribution in [3.05, 3.63) is 89.7 Å². The molecule has 4 aromatic rings. The van der Waals surface area contributed by atoms with Gasteiger partial charge in [-0.2, -0.15) is 4.98 Å². The standard InChI is InChI=1S/C21H13F3N2O2/c22-16-5-1-15(2-6-16)21-25-20(26-28-21)14-3-7-19(8-4-14)27-12-13-9-17(23)11-18(24)10-13/h1-11H,12H2. The zero-order valence-electron chi connectivity index (χ0n) is 14.4. The third kappa shape index (κ3) is 4.03. The van der Waals surface area contributed by atoms with Crippen molar-refractivity contribution < 1.29 is 22.4 Å². The lowest BCUT2D eigenvalue weighted by Crippen LogP contribution is -1.97. The minimum Gasteiger partial charge on any atom is -0.489 e. The average molecular weight is 382 g/mol. The molecule has 0 amide bonds. The highest BCUT2D eigenvalue weighted by Gasteiger charge is 2.11. The van der Waals surface area contributed by atoms with E-state index in [1.807, 2.05) is 0 Å². The van der Waals surface area contributed by atoms with Gasteiger partial charge in [-0.1, -0.05) is 5.16 Å². The second-order valence-corrected chi connectivity index (χ2v) is 6.02. The fourth-order valence-corrected chi connectivity index (χ4v) is 2.61. The van der Waals surface area contributed by atoms with Gasteiger partial charge in [-0.3, -0.25) is 0 Å². The summed E-state index contributed by atoms with van der Waals surface area (Å²) in [5.74, 6) is -0.469. The molecule has 1 heterocycles. The predicted octanol–water partition coefficient (Wildman–Crippen LogP) is 5.40. The quantitative estimate of drug-likeness (QED) is 0.464. The van der Waals surface area contributed by atoms with Crippen LogP contribution in [0.4, 0.5) is 13.2 Å². The molecule has 0 atom stereocenters. The fraction of sp³-hybridized carbons (Fsp3) is 0.0476. The molecule has 7 heteroatoms. The van der Waals surface area contributed by atoms with Crippen LogP contribution in [0.25, 0.3) is 22.8 Å². The first-order valence-corrected chi connectivity index (χ1v) is 8.35. The van der Waals surface area contributed by atoms with Crippen molar-refractivity contribution in [3.63, 3.8) is 0 Å². The Bertz CT molecular complexity index is 1070. The van der Waals surface area contributed by atoms with Crippen molar-refractivity contribution in [1.29, 1.82) is 0 Å². The largest absolute Gasteiger partial charge is 0.489 e. The predicted molar refractivity (Wildman–Crippen MR) is 95.8 cm³/mol. The molecule has 0 spiro atoms. The van der Waals surface area contributed by atoms with E-state index in [0.29, 0.717) is 28.3 Å². The van der Waals surface area contributed by atoms with Crippen LogP contribution in [-0.4, -0.2) is 10.1 Å². The van der Waals surface area contributed by atoms with Gasteiger partial charge in [-0.25, -0.2) is 13.2 Å². The summed E-state index contributed by atoms with van der Waals surface area (Å²) in [4.78, 5) is 4.30. The highest BCUT2D eigenvalue weighted by molar-refractivity contribution is 5.60. The van der Waals surface area contributed by atoms with Crippen molar-refractivity contribution in [1.82, 2.24) is 10.1 Å². The lowest BCUT2D eigenvalue weighted by atomic mass is 10.2. The number of rotatable bonds is 5. The SMILES string of the molecule is Fc1ccc(-c2nc(-c3ccc(OCc4cc(F)cc(F)c4)cc3)no2)cc1. The van der Waals surface area contributed by atoms with Crippen LogP contribution in [-0.2, 0) is 6.61 Å². The van der Waals surface area contributed by atoms with E-state index in [1.165, 1.54) is 24.3 Å². The van der Waals surface area contributed by atoms with E-state index in [0.717, 1.165) is 6.07 Å². The summed E-state index contributed by atoms with van der Waals surface area (Å²) in [6.45, 7) is 0.0327. The van der Waals surface area contributed by atoms with Gasteiger partial charge in [0, 0.05) is 17.2 Å². The van der Waals surface area contributed by atoms with Gasteiger partial charge in [0.2, 0.25) is 5.82 Å². The first-order valence-electron chi connectivity index (χ1n) is 8.35. The number of halogens is 3. The van der Waals surface area contributed by atoms with Crippen molar-refractivity contribution in [3.8, 4) is 28.6 Å². The van der Waals surface area contributed by atoms with Gasteiger partial charge in [-0.05, 0) is 66.2 Å². The normalized spacial score (nSPS) is 10.8. The summed E-state index contributed by atoms with van der Waals surface area (Å²) >= 11 is 0. The lowest BCUT2D eigenvalue weighted by Gasteiger charge is -2.07. The van der Waals surface area contributed by atoms with Gasteiger partial charge in [0.05, 0.1) is 0 Å². The van der Waals surface area contributed by atoms with E-state index in [9.17, 15) is 13.2 Å². The molecule has 0 aliphatic heterocycles. The van der Waals surface area contributed by atoms with Crippen molar-refractivity contribution in [2.24, 2.45) is 0 Å². The fourth-order valence-electron chi connectivity index (χ4n) is 2.61. The lowest BCUT2D eigenvalue weighted by molar-refractivity contribution is 0.305. The molecular formula is C21H13F3N2O2. The highest BCUT2D eigenvalue weighted by Crippen LogP contribution is 2.24. The van der Waals surface area contributed by atoms with Gasteiger partial charge in [0.25, 0.3) is 5.89 Å². The Balaban J connectivity index is 1.45. The van der Waals surface area contributed by atoms with Crippen LogP contribution in [0.5, 0.6) is 5.75 Å². The maximum atomic E-state index is 13.2. The Kier molecular flexibility index (Phi) is 4.80. The van der Waals surface area contributed by atoms with Crippen LogP contribution in [0.1, 0.15) is 5.56 Å². The first kappa shape index (κ1) is 17.8. The van der Waals surface area contributed by atoms with Gasteiger partial charge >= 0.3 is 0 Å². The number of nitrogens with zero attached hydrogens (tertiary/aromatic N) is 2.